The molecule has 0 unspecified atom stereocenters. The molecule has 1 N–H and O–H groups in total. The first kappa shape index (κ1) is 13.3. The third kappa shape index (κ3) is 2.67. The highest BCUT2D eigenvalue weighted by Gasteiger charge is 2.32. The molecular formula is C15H17NO3. The monoisotopic (exact) mass is 259 g/mol. The van der Waals surface area contributed by atoms with Gasteiger partial charge < -0.3 is 10.0 Å². The lowest BCUT2D eigenvalue weighted by Gasteiger charge is -2.15. The van der Waals surface area contributed by atoms with E-state index in [9.17, 15) is 9.59 Å². The Hall–Kier alpha value is -2.10. The second kappa shape index (κ2) is 5.26. The van der Waals surface area contributed by atoms with E-state index in [1.807, 2.05) is 6.07 Å². The van der Waals surface area contributed by atoms with Gasteiger partial charge in [0.05, 0.1) is 5.56 Å². The number of carbonyl (C=O) groups is 2. The zero-order chi connectivity index (χ0) is 14.0. The van der Waals surface area contributed by atoms with Gasteiger partial charge in [0.25, 0.3) is 0 Å². The molecule has 19 heavy (non-hydrogen) atoms. The summed E-state index contributed by atoms with van der Waals surface area (Å²) in [6.07, 6.45) is 1.32. The normalized spacial score (nSPS) is 22.3. The Kier molecular flexibility index (Phi) is 3.69. The van der Waals surface area contributed by atoms with E-state index in [0.717, 1.165) is 5.56 Å². The van der Waals surface area contributed by atoms with Crippen LogP contribution in [0, 0.1) is 5.92 Å². The number of rotatable bonds is 3. The predicted octanol–water partition coefficient (Wildman–Crippen LogP) is 2.13. The third-order valence-electron chi connectivity index (χ3n) is 3.66. The van der Waals surface area contributed by atoms with Crippen LogP contribution in [-0.2, 0) is 4.79 Å². The molecule has 100 valence electrons. The molecule has 1 aromatic carbocycles. The molecule has 1 heterocycles. The number of nitrogens with zero attached hydrogens (tertiary/aromatic N) is 1. The van der Waals surface area contributed by atoms with Crippen LogP contribution >= 0.6 is 0 Å². The van der Waals surface area contributed by atoms with Crippen LogP contribution in [-0.4, -0.2) is 35.0 Å². The van der Waals surface area contributed by atoms with Crippen molar-refractivity contribution in [2.45, 2.75) is 12.8 Å². The average molecular weight is 259 g/mol. The molecule has 1 saturated heterocycles. The fourth-order valence-electron chi connectivity index (χ4n) is 2.61. The van der Waals surface area contributed by atoms with Gasteiger partial charge in [-0.3, -0.25) is 4.79 Å². The number of likely N-dealkylation sites (tertiary alicyclic amines) is 1. The lowest BCUT2D eigenvalue weighted by Crippen LogP contribution is -2.26. The quantitative estimate of drug-likeness (QED) is 0.846. The average Bonchev–Trinajstić information content (AvgIpc) is 2.80. The SMILES string of the molecule is C=CC(=O)N1C[C@@H](C)[C@H](c2cccc(C(=O)O)c2)C1. The number of hydrogen-bond donors (Lipinski definition) is 1. The van der Waals surface area contributed by atoms with Crippen molar-refractivity contribution in [3.8, 4) is 0 Å². The highest BCUT2D eigenvalue weighted by atomic mass is 16.4. The summed E-state index contributed by atoms with van der Waals surface area (Å²) in [4.78, 5) is 24.4. The molecule has 0 aliphatic carbocycles. The highest BCUT2D eigenvalue weighted by molar-refractivity contribution is 5.88. The first-order valence-electron chi connectivity index (χ1n) is 6.27. The number of benzene rings is 1. The summed E-state index contributed by atoms with van der Waals surface area (Å²) in [6, 6.07) is 6.96. The minimum absolute atomic E-state index is 0.0660. The van der Waals surface area contributed by atoms with Crippen LogP contribution in [0.5, 0.6) is 0 Å². The van der Waals surface area contributed by atoms with Crippen LogP contribution in [0.1, 0.15) is 28.8 Å². The van der Waals surface area contributed by atoms with Crippen LogP contribution in [0.2, 0.25) is 0 Å². The number of carboxylic acids is 1. The lowest BCUT2D eigenvalue weighted by atomic mass is 9.89. The zero-order valence-corrected chi connectivity index (χ0v) is 10.9. The third-order valence-corrected chi connectivity index (χ3v) is 3.66. The Morgan fingerprint density at radius 3 is 2.79 bits per heavy atom. The largest absolute Gasteiger partial charge is 0.478 e. The molecule has 4 nitrogen and oxygen atoms in total. The van der Waals surface area contributed by atoms with E-state index < -0.39 is 5.97 Å². The van der Waals surface area contributed by atoms with Crippen LogP contribution in [0.4, 0.5) is 0 Å². The van der Waals surface area contributed by atoms with Crippen molar-refractivity contribution in [3.05, 3.63) is 48.0 Å². The molecule has 4 heteroatoms. The van der Waals surface area contributed by atoms with Gasteiger partial charge >= 0.3 is 5.97 Å². The zero-order valence-electron chi connectivity index (χ0n) is 10.9. The molecule has 1 aliphatic heterocycles. The van der Waals surface area contributed by atoms with Gasteiger partial charge in [-0.15, -0.1) is 0 Å². The van der Waals surface area contributed by atoms with Crippen LogP contribution < -0.4 is 0 Å². The van der Waals surface area contributed by atoms with Gasteiger partial charge in [0, 0.05) is 19.0 Å². The van der Waals surface area contributed by atoms with Crippen molar-refractivity contribution < 1.29 is 14.7 Å². The van der Waals surface area contributed by atoms with Gasteiger partial charge in [0.15, 0.2) is 0 Å². The highest BCUT2D eigenvalue weighted by Crippen LogP contribution is 2.32. The molecule has 2 rings (SSSR count). The van der Waals surface area contributed by atoms with Crippen LogP contribution in [0.3, 0.4) is 0 Å². The molecular weight excluding hydrogens is 242 g/mol. The molecule has 1 fully saturated rings. The molecule has 0 radical (unpaired) electrons. The molecule has 0 saturated carbocycles. The number of aromatic carboxylic acids is 1. The summed E-state index contributed by atoms with van der Waals surface area (Å²) in [5.41, 5.74) is 1.27. The Morgan fingerprint density at radius 2 is 2.16 bits per heavy atom. The summed E-state index contributed by atoms with van der Waals surface area (Å²) in [5, 5.41) is 9.02. The van der Waals surface area contributed by atoms with Crippen molar-refractivity contribution in [1.29, 1.82) is 0 Å². The van der Waals surface area contributed by atoms with Crippen molar-refractivity contribution in [2.75, 3.05) is 13.1 Å². The van der Waals surface area contributed by atoms with E-state index in [4.69, 9.17) is 5.11 Å². The number of amides is 1. The minimum atomic E-state index is -0.925. The molecule has 1 aliphatic rings. The second-order valence-electron chi connectivity index (χ2n) is 4.96. The fourth-order valence-corrected chi connectivity index (χ4v) is 2.61. The molecule has 1 amide bonds. The van der Waals surface area contributed by atoms with Gasteiger partial charge in [-0.1, -0.05) is 25.6 Å². The molecule has 2 atom stereocenters. The number of carboxylic acid groups (broad SMARTS) is 1. The minimum Gasteiger partial charge on any atom is -0.478 e. The Morgan fingerprint density at radius 1 is 1.42 bits per heavy atom. The van der Waals surface area contributed by atoms with Crippen LogP contribution in [0.15, 0.2) is 36.9 Å². The summed E-state index contributed by atoms with van der Waals surface area (Å²) in [6.45, 7) is 6.88. The van der Waals surface area contributed by atoms with E-state index >= 15 is 0 Å². The van der Waals surface area contributed by atoms with Crippen molar-refractivity contribution in [2.24, 2.45) is 5.92 Å². The summed E-state index contributed by atoms with van der Waals surface area (Å²) in [7, 11) is 0. The van der Waals surface area contributed by atoms with Gasteiger partial charge in [-0.05, 0) is 29.7 Å². The molecule has 0 spiro atoms. The Bertz CT molecular complexity index is 524. The Labute approximate surface area is 112 Å². The number of hydrogen-bond acceptors (Lipinski definition) is 2. The van der Waals surface area contributed by atoms with Gasteiger partial charge in [-0.25, -0.2) is 4.79 Å². The van der Waals surface area contributed by atoms with E-state index in [2.05, 4.69) is 13.5 Å². The summed E-state index contributed by atoms with van der Waals surface area (Å²) in [5.74, 6) is -0.494. The van der Waals surface area contributed by atoms with Crippen molar-refractivity contribution in [1.82, 2.24) is 4.90 Å². The maximum atomic E-state index is 11.6. The van der Waals surface area contributed by atoms with E-state index in [1.54, 1.807) is 23.1 Å². The maximum Gasteiger partial charge on any atom is 0.335 e. The fraction of sp³-hybridized carbons (Fsp3) is 0.333. The van der Waals surface area contributed by atoms with Crippen LogP contribution in [0.25, 0.3) is 0 Å². The topological polar surface area (TPSA) is 57.6 Å². The molecule has 0 aromatic heterocycles. The maximum absolute atomic E-state index is 11.6. The van der Waals surface area contributed by atoms with Gasteiger partial charge in [0.2, 0.25) is 5.91 Å². The van der Waals surface area contributed by atoms with Gasteiger partial charge in [0.1, 0.15) is 0 Å². The van der Waals surface area contributed by atoms with E-state index in [0.29, 0.717) is 19.0 Å². The van der Waals surface area contributed by atoms with E-state index in [-0.39, 0.29) is 17.4 Å². The second-order valence-corrected chi connectivity index (χ2v) is 4.96. The molecule has 0 bridgehead atoms. The van der Waals surface area contributed by atoms with Crippen molar-refractivity contribution >= 4 is 11.9 Å². The summed E-state index contributed by atoms with van der Waals surface area (Å²) >= 11 is 0. The Balaban J connectivity index is 2.22. The summed E-state index contributed by atoms with van der Waals surface area (Å²) < 4.78 is 0. The lowest BCUT2D eigenvalue weighted by molar-refractivity contribution is -0.125. The molecule has 1 aromatic rings. The van der Waals surface area contributed by atoms with Gasteiger partial charge in [-0.2, -0.15) is 0 Å². The first-order chi connectivity index (χ1) is 9.02. The first-order valence-corrected chi connectivity index (χ1v) is 6.27. The number of carbonyl (C=O) groups excluding carboxylic acids is 1. The predicted molar refractivity (Wildman–Crippen MR) is 72.1 cm³/mol. The standard InChI is InChI=1S/C15H17NO3/c1-3-14(17)16-8-10(2)13(9-16)11-5-4-6-12(7-11)15(18)19/h3-7,10,13H,1,8-9H2,2H3,(H,18,19)/t10-,13-/m1/s1. The van der Waals surface area contributed by atoms with E-state index in [1.165, 1.54) is 6.08 Å². The smallest absolute Gasteiger partial charge is 0.335 e. The van der Waals surface area contributed by atoms with Crippen molar-refractivity contribution in [3.63, 3.8) is 0 Å².